The highest BCUT2D eigenvalue weighted by Crippen LogP contribution is 2.29. The molecule has 98 valence electrons. The predicted molar refractivity (Wildman–Crippen MR) is 73.4 cm³/mol. The Morgan fingerprint density at radius 1 is 1.16 bits per heavy atom. The maximum Gasteiger partial charge on any atom is 0.329 e. The van der Waals surface area contributed by atoms with Crippen LogP contribution >= 0.6 is 34.8 Å². The second-order valence-electron chi connectivity index (χ2n) is 3.41. The Labute approximate surface area is 122 Å². The molecule has 6 nitrogen and oxygen atoms in total. The van der Waals surface area contributed by atoms with E-state index in [0.29, 0.717) is 15.7 Å². The highest BCUT2D eigenvalue weighted by Gasteiger charge is 2.17. The van der Waals surface area contributed by atoms with E-state index in [9.17, 15) is 10.1 Å². The van der Waals surface area contributed by atoms with Gasteiger partial charge in [-0.1, -0.05) is 23.2 Å². The standard InChI is InChI=1S/C10H5Cl3N4O2/c11-5-1-6(12)3-7(2-5)15-9-8(17(18)19)4-14-10(13)16-9/h1-4H,(H,14,15,16). The van der Waals surface area contributed by atoms with Crippen LogP contribution in [0, 0.1) is 10.1 Å². The van der Waals surface area contributed by atoms with Gasteiger partial charge in [0.15, 0.2) is 0 Å². The molecule has 2 aromatic rings. The van der Waals surface area contributed by atoms with Gasteiger partial charge in [0.05, 0.1) is 4.92 Å². The van der Waals surface area contributed by atoms with Gasteiger partial charge in [0.1, 0.15) is 6.20 Å². The minimum absolute atomic E-state index is 0.0386. The average molecular weight is 320 g/mol. The highest BCUT2D eigenvalue weighted by molar-refractivity contribution is 6.35. The van der Waals surface area contributed by atoms with Crippen LogP contribution in [0.2, 0.25) is 15.3 Å². The monoisotopic (exact) mass is 318 g/mol. The van der Waals surface area contributed by atoms with Crippen LogP contribution in [0.5, 0.6) is 0 Å². The fourth-order valence-corrected chi connectivity index (χ4v) is 2.00. The molecule has 0 aliphatic heterocycles. The summed E-state index contributed by atoms with van der Waals surface area (Å²) in [5.41, 5.74) is 0.149. The van der Waals surface area contributed by atoms with Crippen molar-refractivity contribution in [1.82, 2.24) is 9.97 Å². The summed E-state index contributed by atoms with van der Waals surface area (Å²) in [5, 5.41) is 14.2. The fraction of sp³-hybridized carbons (Fsp3) is 0. The van der Waals surface area contributed by atoms with Gasteiger partial charge in [-0.05, 0) is 29.8 Å². The van der Waals surface area contributed by atoms with E-state index in [0.717, 1.165) is 6.20 Å². The second-order valence-corrected chi connectivity index (χ2v) is 4.62. The number of aromatic nitrogens is 2. The third kappa shape index (κ3) is 3.44. The fourth-order valence-electron chi connectivity index (χ4n) is 1.34. The number of halogens is 3. The molecule has 1 aromatic carbocycles. The van der Waals surface area contributed by atoms with E-state index in [-0.39, 0.29) is 16.8 Å². The molecule has 1 heterocycles. The zero-order valence-corrected chi connectivity index (χ0v) is 11.4. The van der Waals surface area contributed by atoms with Gasteiger partial charge in [-0.25, -0.2) is 4.98 Å². The van der Waals surface area contributed by atoms with Crippen molar-refractivity contribution in [1.29, 1.82) is 0 Å². The highest BCUT2D eigenvalue weighted by atomic mass is 35.5. The summed E-state index contributed by atoms with van der Waals surface area (Å²) >= 11 is 17.3. The lowest BCUT2D eigenvalue weighted by molar-refractivity contribution is -0.384. The van der Waals surface area contributed by atoms with Crippen molar-refractivity contribution >= 4 is 52.0 Å². The van der Waals surface area contributed by atoms with Gasteiger partial charge in [-0.2, -0.15) is 4.98 Å². The summed E-state index contributed by atoms with van der Waals surface area (Å²) < 4.78 is 0. The van der Waals surface area contributed by atoms with Gasteiger partial charge in [0, 0.05) is 15.7 Å². The van der Waals surface area contributed by atoms with Gasteiger partial charge in [0.2, 0.25) is 11.1 Å². The van der Waals surface area contributed by atoms with Crippen molar-refractivity contribution in [2.24, 2.45) is 0 Å². The maximum atomic E-state index is 10.8. The Morgan fingerprint density at radius 2 is 1.79 bits per heavy atom. The summed E-state index contributed by atoms with van der Waals surface area (Å²) in [6.07, 6.45) is 1.02. The van der Waals surface area contributed by atoms with E-state index in [2.05, 4.69) is 15.3 Å². The van der Waals surface area contributed by atoms with E-state index in [1.807, 2.05) is 0 Å². The molecule has 0 radical (unpaired) electrons. The molecular formula is C10H5Cl3N4O2. The van der Waals surface area contributed by atoms with E-state index < -0.39 is 4.92 Å². The van der Waals surface area contributed by atoms with Crippen LogP contribution in [0.25, 0.3) is 0 Å². The Morgan fingerprint density at radius 3 is 2.37 bits per heavy atom. The van der Waals surface area contributed by atoms with E-state index in [1.54, 1.807) is 12.1 Å². The molecule has 0 amide bonds. The maximum absolute atomic E-state index is 10.8. The lowest BCUT2D eigenvalue weighted by Gasteiger charge is -2.07. The minimum Gasteiger partial charge on any atom is -0.334 e. The lowest BCUT2D eigenvalue weighted by Crippen LogP contribution is -2.01. The smallest absolute Gasteiger partial charge is 0.329 e. The Balaban J connectivity index is 2.42. The summed E-state index contributed by atoms with van der Waals surface area (Å²) in [5.74, 6) is -0.0386. The van der Waals surface area contributed by atoms with Crippen molar-refractivity contribution in [3.05, 3.63) is 49.8 Å². The van der Waals surface area contributed by atoms with Gasteiger partial charge in [-0.15, -0.1) is 0 Å². The SMILES string of the molecule is O=[N+]([O-])c1cnc(Cl)nc1Nc1cc(Cl)cc(Cl)c1. The zero-order chi connectivity index (χ0) is 14.0. The third-order valence-electron chi connectivity index (χ3n) is 2.06. The van der Waals surface area contributed by atoms with Crippen LogP contribution < -0.4 is 5.32 Å². The van der Waals surface area contributed by atoms with Crippen LogP contribution in [0.3, 0.4) is 0 Å². The zero-order valence-electron chi connectivity index (χ0n) is 9.10. The first-order valence-electron chi connectivity index (χ1n) is 4.86. The van der Waals surface area contributed by atoms with Crippen LogP contribution in [0.1, 0.15) is 0 Å². The van der Waals surface area contributed by atoms with Crippen LogP contribution in [0.4, 0.5) is 17.2 Å². The Bertz CT molecular complexity index is 630. The number of rotatable bonds is 3. The molecule has 0 fully saturated rings. The Kier molecular flexibility index (Phi) is 4.04. The average Bonchev–Trinajstić information content (AvgIpc) is 2.26. The normalized spacial score (nSPS) is 10.3. The van der Waals surface area contributed by atoms with Crippen LogP contribution in [0.15, 0.2) is 24.4 Å². The van der Waals surface area contributed by atoms with Gasteiger partial charge in [-0.3, -0.25) is 10.1 Å². The first-order valence-corrected chi connectivity index (χ1v) is 5.99. The molecular weight excluding hydrogens is 314 g/mol. The molecule has 0 aliphatic carbocycles. The molecule has 9 heteroatoms. The molecule has 0 aliphatic rings. The lowest BCUT2D eigenvalue weighted by atomic mass is 10.3. The van der Waals surface area contributed by atoms with Gasteiger partial charge < -0.3 is 5.32 Å². The molecule has 0 spiro atoms. The topological polar surface area (TPSA) is 81.0 Å². The first kappa shape index (κ1) is 13.8. The quantitative estimate of drug-likeness (QED) is 0.523. The van der Waals surface area contributed by atoms with Crippen LogP contribution in [-0.2, 0) is 0 Å². The molecule has 0 unspecified atom stereocenters. The van der Waals surface area contributed by atoms with Crippen molar-refractivity contribution in [2.45, 2.75) is 0 Å². The van der Waals surface area contributed by atoms with Crippen molar-refractivity contribution in [3.63, 3.8) is 0 Å². The first-order chi connectivity index (χ1) is 8.95. The Hall–Kier alpha value is -1.63. The van der Waals surface area contributed by atoms with E-state index in [4.69, 9.17) is 34.8 Å². The molecule has 1 N–H and O–H groups in total. The molecule has 0 saturated heterocycles. The number of hydrogen-bond donors (Lipinski definition) is 1. The van der Waals surface area contributed by atoms with Crippen molar-refractivity contribution < 1.29 is 4.92 Å². The molecule has 19 heavy (non-hydrogen) atoms. The largest absolute Gasteiger partial charge is 0.334 e. The number of nitrogens with zero attached hydrogens (tertiary/aromatic N) is 3. The molecule has 0 atom stereocenters. The number of nitro groups is 1. The second kappa shape index (κ2) is 5.56. The molecule has 1 aromatic heterocycles. The van der Waals surface area contributed by atoms with Crippen molar-refractivity contribution in [3.8, 4) is 0 Å². The predicted octanol–water partition coefficient (Wildman–Crippen LogP) is 4.09. The van der Waals surface area contributed by atoms with Gasteiger partial charge >= 0.3 is 5.69 Å². The third-order valence-corrected chi connectivity index (χ3v) is 2.68. The van der Waals surface area contributed by atoms with E-state index >= 15 is 0 Å². The summed E-state index contributed by atoms with van der Waals surface area (Å²) in [7, 11) is 0. The van der Waals surface area contributed by atoms with Gasteiger partial charge in [0.25, 0.3) is 0 Å². The summed E-state index contributed by atoms with van der Waals surface area (Å²) in [4.78, 5) is 17.5. The number of anilines is 2. The summed E-state index contributed by atoms with van der Waals surface area (Å²) in [6.45, 7) is 0. The van der Waals surface area contributed by atoms with E-state index in [1.165, 1.54) is 6.07 Å². The molecule has 0 bridgehead atoms. The molecule has 2 rings (SSSR count). The summed E-state index contributed by atoms with van der Waals surface area (Å²) in [6, 6.07) is 4.63. The van der Waals surface area contributed by atoms with Crippen molar-refractivity contribution in [2.75, 3.05) is 5.32 Å². The molecule has 0 saturated carbocycles. The number of nitrogens with one attached hydrogen (secondary N) is 1. The minimum atomic E-state index is -0.620. The number of benzene rings is 1. The van der Waals surface area contributed by atoms with Crippen LogP contribution in [-0.4, -0.2) is 14.9 Å². The number of hydrogen-bond acceptors (Lipinski definition) is 5.